The monoisotopic (exact) mass is 361 g/mol. The normalized spacial score (nSPS) is 10.4. The van der Waals surface area contributed by atoms with Crippen molar-refractivity contribution in [2.75, 3.05) is 11.9 Å². The zero-order chi connectivity index (χ0) is 19.2. The average Bonchev–Trinajstić information content (AvgIpc) is 2.98. The van der Waals surface area contributed by atoms with Gasteiger partial charge in [0.2, 0.25) is 0 Å². The number of amides is 1. The quantitative estimate of drug-likeness (QED) is 0.636. The van der Waals surface area contributed by atoms with Crippen molar-refractivity contribution < 1.29 is 9.53 Å². The van der Waals surface area contributed by atoms with Crippen molar-refractivity contribution in [2.45, 2.75) is 20.4 Å². The molecule has 0 saturated heterocycles. The Balaban J connectivity index is 1.65. The molecule has 0 spiro atoms. The minimum Gasteiger partial charge on any atom is -0.489 e. The number of aromatic nitrogens is 2. The van der Waals surface area contributed by atoms with E-state index in [1.807, 2.05) is 61.0 Å². The van der Waals surface area contributed by atoms with Crippen LogP contribution in [-0.2, 0) is 6.54 Å². The van der Waals surface area contributed by atoms with Gasteiger partial charge in [0.25, 0.3) is 5.91 Å². The van der Waals surface area contributed by atoms with Crippen molar-refractivity contribution in [3.8, 4) is 5.75 Å². The first-order chi connectivity index (χ1) is 13.0. The van der Waals surface area contributed by atoms with Crippen LogP contribution >= 0.6 is 0 Å². The lowest BCUT2D eigenvalue weighted by molar-refractivity contribution is 0.102. The number of hydrogen-bond donors (Lipinski definition) is 1. The Morgan fingerprint density at radius 1 is 1.19 bits per heavy atom. The molecular weight excluding hydrogens is 338 g/mol. The molecule has 0 fully saturated rings. The Morgan fingerprint density at radius 3 is 2.63 bits per heavy atom. The highest BCUT2D eigenvalue weighted by molar-refractivity contribution is 6.04. The number of aryl methyl sites for hydroxylation is 2. The minimum absolute atomic E-state index is 0.159. The van der Waals surface area contributed by atoms with Crippen LogP contribution in [0.25, 0.3) is 0 Å². The Morgan fingerprint density at radius 2 is 1.96 bits per heavy atom. The third-order valence-electron chi connectivity index (χ3n) is 4.11. The Labute approximate surface area is 159 Å². The Kier molecular flexibility index (Phi) is 5.71. The summed E-state index contributed by atoms with van der Waals surface area (Å²) in [5, 5.41) is 7.36. The fraction of sp³-hybridized carbons (Fsp3) is 0.182. The number of nitrogens with zero attached hydrogens (tertiary/aromatic N) is 2. The summed E-state index contributed by atoms with van der Waals surface area (Å²) in [5.41, 5.74) is 4.51. The van der Waals surface area contributed by atoms with Crippen LogP contribution in [0.3, 0.4) is 0 Å². The fourth-order valence-corrected chi connectivity index (χ4v) is 2.79. The summed E-state index contributed by atoms with van der Waals surface area (Å²) in [6.07, 6.45) is 1.68. The maximum Gasteiger partial charge on any atom is 0.255 e. The van der Waals surface area contributed by atoms with E-state index < -0.39 is 0 Å². The van der Waals surface area contributed by atoms with Crippen molar-refractivity contribution in [1.82, 2.24) is 9.78 Å². The molecule has 138 valence electrons. The van der Waals surface area contributed by atoms with E-state index >= 15 is 0 Å². The van der Waals surface area contributed by atoms with E-state index in [2.05, 4.69) is 23.1 Å². The standard InChI is InChI=1S/C22H23N3O2/c1-4-12-27-21-7-5-6-20(14-21)23-22(26)19-10-8-18(9-11-19)15-25-17(3)13-16(2)24-25/h4-11,13-14H,1,12,15H2,2-3H3,(H,23,26). The Bertz CT molecular complexity index is 942. The van der Waals surface area contributed by atoms with Crippen LogP contribution in [0.15, 0.2) is 67.3 Å². The van der Waals surface area contributed by atoms with E-state index in [4.69, 9.17) is 4.74 Å². The number of rotatable bonds is 7. The maximum absolute atomic E-state index is 12.5. The van der Waals surface area contributed by atoms with Gasteiger partial charge < -0.3 is 10.1 Å². The van der Waals surface area contributed by atoms with Crippen molar-refractivity contribution in [2.24, 2.45) is 0 Å². The SMILES string of the molecule is C=CCOc1cccc(NC(=O)c2ccc(Cn3nc(C)cc3C)cc2)c1. The van der Waals surface area contributed by atoms with Gasteiger partial charge in [-0.05, 0) is 49.7 Å². The van der Waals surface area contributed by atoms with Gasteiger partial charge in [-0.3, -0.25) is 9.48 Å². The molecule has 0 aliphatic heterocycles. The molecule has 1 heterocycles. The maximum atomic E-state index is 12.5. The first kappa shape index (κ1) is 18.5. The van der Waals surface area contributed by atoms with Gasteiger partial charge in [-0.1, -0.05) is 30.9 Å². The third-order valence-corrected chi connectivity index (χ3v) is 4.11. The number of benzene rings is 2. The topological polar surface area (TPSA) is 56.1 Å². The second-order valence-electron chi connectivity index (χ2n) is 6.36. The van der Waals surface area contributed by atoms with Crippen LogP contribution in [0.1, 0.15) is 27.3 Å². The molecule has 0 bridgehead atoms. The van der Waals surface area contributed by atoms with E-state index in [1.54, 1.807) is 12.1 Å². The van der Waals surface area contributed by atoms with Crippen molar-refractivity contribution >= 4 is 11.6 Å². The molecule has 5 heteroatoms. The molecule has 3 rings (SSSR count). The molecule has 2 aromatic carbocycles. The molecule has 27 heavy (non-hydrogen) atoms. The van der Waals surface area contributed by atoms with Gasteiger partial charge in [0.05, 0.1) is 12.2 Å². The highest BCUT2D eigenvalue weighted by Crippen LogP contribution is 2.18. The summed E-state index contributed by atoms with van der Waals surface area (Å²) in [7, 11) is 0. The van der Waals surface area contributed by atoms with Crippen LogP contribution in [-0.4, -0.2) is 22.3 Å². The minimum atomic E-state index is -0.159. The van der Waals surface area contributed by atoms with Crippen molar-refractivity contribution in [3.63, 3.8) is 0 Å². The Hall–Kier alpha value is -3.34. The molecule has 0 aliphatic rings. The molecule has 1 aromatic heterocycles. The first-order valence-corrected chi connectivity index (χ1v) is 8.80. The number of ether oxygens (including phenoxy) is 1. The van der Waals surface area contributed by atoms with E-state index in [0.717, 1.165) is 17.0 Å². The number of anilines is 1. The second kappa shape index (κ2) is 8.36. The van der Waals surface area contributed by atoms with Gasteiger partial charge >= 0.3 is 0 Å². The van der Waals surface area contributed by atoms with Gasteiger partial charge in [0.15, 0.2) is 0 Å². The predicted molar refractivity (Wildman–Crippen MR) is 107 cm³/mol. The van der Waals surface area contributed by atoms with Crippen LogP contribution < -0.4 is 10.1 Å². The van der Waals surface area contributed by atoms with Crippen molar-refractivity contribution in [3.05, 3.63) is 89.8 Å². The molecule has 0 saturated carbocycles. The summed E-state index contributed by atoms with van der Waals surface area (Å²) in [5.74, 6) is 0.529. The number of hydrogen-bond acceptors (Lipinski definition) is 3. The summed E-state index contributed by atoms with van der Waals surface area (Å²) >= 11 is 0. The summed E-state index contributed by atoms with van der Waals surface area (Å²) in [6.45, 7) is 8.75. The van der Waals surface area contributed by atoms with Gasteiger partial charge in [-0.15, -0.1) is 0 Å². The summed E-state index contributed by atoms with van der Waals surface area (Å²) in [4.78, 5) is 12.5. The van der Waals surface area contributed by atoms with Gasteiger partial charge in [0.1, 0.15) is 12.4 Å². The van der Waals surface area contributed by atoms with Crippen LogP contribution in [0.5, 0.6) is 5.75 Å². The largest absolute Gasteiger partial charge is 0.489 e. The first-order valence-electron chi connectivity index (χ1n) is 8.80. The molecule has 1 amide bonds. The summed E-state index contributed by atoms with van der Waals surface area (Å²) < 4.78 is 7.45. The van der Waals surface area contributed by atoms with E-state index in [-0.39, 0.29) is 5.91 Å². The highest BCUT2D eigenvalue weighted by atomic mass is 16.5. The van der Waals surface area contributed by atoms with E-state index in [1.165, 1.54) is 0 Å². The van der Waals surface area contributed by atoms with Crippen LogP contribution in [0.2, 0.25) is 0 Å². The molecule has 5 nitrogen and oxygen atoms in total. The predicted octanol–water partition coefficient (Wildman–Crippen LogP) is 4.37. The lowest BCUT2D eigenvalue weighted by Crippen LogP contribution is -2.12. The fourth-order valence-electron chi connectivity index (χ4n) is 2.79. The number of carbonyl (C=O) groups excluding carboxylic acids is 1. The van der Waals surface area contributed by atoms with Gasteiger partial charge in [0, 0.05) is 23.0 Å². The highest BCUT2D eigenvalue weighted by Gasteiger charge is 2.08. The molecule has 0 radical (unpaired) electrons. The summed E-state index contributed by atoms with van der Waals surface area (Å²) in [6, 6.07) is 16.9. The van der Waals surface area contributed by atoms with Crippen LogP contribution in [0, 0.1) is 13.8 Å². The van der Waals surface area contributed by atoms with Crippen molar-refractivity contribution in [1.29, 1.82) is 0 Å². The molecule has 0 aliphatic carbocycles. The molecule has 0 atom stereocenters. The van der Waals surface area contributed by atoms with Gasteiger partial charge in [-0.25, -0.2) is 0 Å². The molecule has 3 aromatic rings. The molecule has 1 N–H and O–H groups in total. The molecule has 0 unspecified atom stereocenters. The number of nitrogens with one attached hydrogen (secondary N) is 1. The second-order valence-corrected chi connectivity index (χ2v) is 6.36. The van der Waals surface area contributed by atoms with Crippen LogP contribution in [0.4, 0.5) is 5.69 Å². The van der Waals surface area contributed by atoms with E-state index in [0.29, 0.717) is 30.2 Å². The van der Waals surface area contributed by atoms with E-state index in [9.17, 15) is 4.79 Å². The smallest absolute Gasteiger partial charge is 0.255 e. The average molecular weight is 361 g/mol. The molecular formula is C22H23N3O2. The lowest BCUT2D eigenvalue weighted by Gasteiger charge is -2.09. The zero-order valence-electron chi connectivity index (χ0n) is 15.6. The third kappa shape index (κ3) is 4.85. The number of carbonyl (C=O) groups is 1. The van der Waals surface area contributed by atoms with Gasteiger partial charge in [-0.2, -0.15) is 5.10 Å². The lowest BCUT2D eigenvalue weighted by atomic mass is 10.1. The zero-order valence-corrected chi connectivity index (χ0v) is 15.6.